The van der Waals surface area contributed by atoms with Gasteiger partial charge in [-0.05, 0) is 30.2 Å². The fourth-order valence-corrected chi connectivity index (χ4v) is 1.96. The van der Waals surface area contributed by atoms with Crippen molar-refractivity contribution in [2.24, 2.45) is 0 Å². The van der Waals surface area contributed by atoms with Crippen molar-refractivity contribution in [2.75, 3.05) is 11.9 Å². The predicted molar refractivity (Wildman–Crippen MR) is 71.9 cm³/mol. The summed E-state index contributed by atoms with van der Waals surface area (Å²) >= 11 is 0. The van der Waals surface area contributed by atoms with Crippen LogP contribution in [0.3, 0.4) is 0 Å². The Labute approximate surface area is 106 Å². The maximum Gasteiger partial charge on any atom is 0.322 e. The number of rotatable bonds is 5. The first-order chi connectivity index (χ1) is 8.70. The molecule has 2 rings (SSSR count). The molecule has 2 aromatic rings. The minimum Gasteiger partial charge on any atom is -0.480 e. The first kappa shape index (κ1) is 12.4. The highest BCUT2D eigenvalue weighted by Gasteiger charge is 2.04. The van der Waals surface area contributed by atoms with Gasteiger partial charge in [-0.2, -0.15) is 0 Å². The van der Waals surface area contributed by atoms with Crippen molar-refractivity contribution in [3.05, 3.63) is 36.0 Å². The lowest BCUT2D eigenvalue weighted by molar-refractivity contribution is -0.134. The van der Waals surface area contributed by atoms with E-state index in [0.29, 0.717) is 0 Å². The number of aryl methyl sites for hydroxylation is 1. The molecule has 0 radical (unpaired) electrons. The fourth-order valence-electron chi connectivity index (χ4n) is 1.96. The summed E-state index contributed by atoms with van der Waals surface area (Å²) in [6.45, 7) is 2.05. The quantitative estimate of drug-likeness (QED) is 0.848. The molecular formula is C14H16N2O2. The van der Waals surface area contributed by atoms with Gasteiger partial charge in [-0.1, -0.05) is 19.4 Å². The predicted octanol–water partition coefficient (Wildman–Crippen LogP) is 2.68. The van der Waals surface area contributed by atoms with E-state index in [9.17, 15) is 4.79 Å². The fraction of sp³-hybridized carbons (Fsp3) is 0.286. The summed E-state index contributed by atoms with van der Waals surface area (Å²) in [5.74, 6) is -0.871. The maximum atomic E-state index is 10.6. The Hall–Kier alpha value is -2.10. The van der Waals surface area contributed by atoms with Crippen LogP contribution in [-0.4, -0.2) is 22.6 Å². The lowest BCUT2D eigenvalue weighted by atomic mass is 10.1. The molecule has 0 saturated heterocycles. The number of aromatic nitrogens is 1. The number of carboxylic acids is 1. The largest absolute Gasteiger partial charge is 0.480 e. The summed E-state index contributed by atoms with van der Waals surface area (Å²) in [4.78, 5) is 14.9. The number of pyridine rings is 1. The molecule has 0 unspecified atom stereocenters. The molecule has 0 aliphatic rings. The summed E-state index contributed by atoms with van der Waals surface area (Å²) in [6.07, 6.45) is 3.79. The van der Waals surface area contributed by atoms with Gasteiger partial charge in [-0.25, -0.2) is 0 Å². The van der Waals surface area contributed by atoms with E-state index in [4.69, 9.17) is 5.11 Å². The lowest BCUT2D eigenvalue weighted by Crippen LogP contribution is -2.12. The van der Waals surface area contributed by atoms with Crippen molar-refractivity contribution in [1.29, 1.82) is 0 Å². The summed E-state index contributed by atoms with van der Waals surface area (Å²) in [6, 6.07) is 7.93. The Bertz CT molecular complexity index is 567. The molecule has 4 nitrogen and oxygen atoms in total. The van der Waals surface area contributed by atoms with Gasteiger partial charge in [0.2, 0.25) is 0 Å². The Morgan fingerprint density at radius 3 is 2.94 bits per heavy atom. The second kappa shape index (κ2) is 5.49. The van der Waals surface area contributed by atoms with E-state index in [1.54, 1.807) is 12.3 Å². The van der Waals surface area contributed by atoms with Crippen LogP contribution < -0.4 is 5.32 Å². The van der Waals surface area contributed by atoms with Crippen LogP contribution in [0.1, 0.15) is 18.9 Å². The standard InChI is InChI=1S/C14H16N2O2/c1-2-3-10-4-5-12-11(8-10)13(6-7-15-12)16-9-14(17)18/h4-8H,2-3,9H2,1H3,(H,15,16)(H,17,18). The molecule has 1 aromatic heterocycles. The third-order valence-electron chi connectivity index (χ3n) is 2.77. The average molecular weight is 244 g/mol. The molecule has 2 N–H and O–H groups in total. The number of carboxylic acid groups (broad SMARTS) is 1. The number of fused-ring (bicyclic) bond motifs is 1. The van der Waals surface area contributed by atoms with Crippen molar-refractivity contribution in [1.82, 2.24) is 4.98 Å². The third-order valence-corrected chi connectivity index (χ3v) is 2.77. The summed E-state index contributed by atoms with van der Waals surface area (Å²) in [5.41, 5.74) is 2.95. The molecule has 1 aromatic carbocycles. The highest BCUT2D eigenvalue weighted by Crippen LogP contribution is 2.23. The third kappa shape index (κ3) is 2.77. The van der Waals surface area contributed by atoms with Crippen molar-refractivity contribution in [2.45, 2.75) is 19.8 Å². The number of hydrogen-bond donors (Lipinski definition) is 2. The SMILES string of the molecule is CCCc1ccc2nccc(NCC(=O)O)c2c1. The Morgan fingerprint density at radius 1 is 1.39 bits per heavy atom. The topological polar surface area (TPSA) is 62.2 Å². The van der Waals surface area contributed by atoms with Crippen LogP contribution in [-0.2, 0) is 11.2 Å². The van der Waals surface area contributed by atoms with Crippen LogP contribution in [0.5, 0.6) is 0 Å². The van der Waals surface area contributed by atoms with E-state index in [1.165, 1.54) is 5.56 Å². The molecule has 1 heterocycles. The molecule has 0 aliphatic carbocycles. The van der Waals surface area contributed by atoms with E-state index < -0.39 is 5.97 Å². The molecule has 18 heavy (non-hydrogen) atoms. The molecule has 0 amide bonds. The van der Waals surface area contributed by atoms with Gasteiger partial charge in [0, 0.05) is 17.3 Å². The van der Waals surface area contributed by atoms with Crippen LogP contribution in [0.15, 0.2) is 30.5 Å². The van der Waals surface area contributed by atoms with Crippen LogP contribution >= 0.6 is 0 Å². The molecule has 4 heteroatoms. The van der Waals surface area contributed by atoms with Crippen molar-refractivity contribution < 1.29 is 9.90 Å². The van der Waals surface area contributed by atoms with E-state index in [1.807, 2.05) is 6.07 Å². The Morgan fingerprint density at radius 2 is 2.22 bits per heavy atom. The van der Waals surface area contributed by atoms with Gasteiger partial charge in [0.1, 0.15) is 6.54 Å². The number of benzene rings is 1. The lowest BCUT2D eigenvalue weighted by Gasteiger charge is -2.08. The van der Waals surface area contributed by atoms with Crippen LogP contribution in [0, 0.1) is 0 Å². The van der Waals surface area contributed by atoms with Gasteiger partial charge in [0.15, 0.2) is 0 Å². The van der Waals surface area contributed by atoms with Gasteiger partial charge in [0.25, 0.3) is 0 Å². The van der Waals surface area contributed by atoms with Crippen LogP contribution in [0.25, 0.3) is 10.9 Å². The second-order valence-electron chi connectivity index (χ2n) is 4.21. The van der Waals surface area contributed by atoms with Gasteiger partial charge in [-0.3, -0.25) is 9.78 Å². The number of hydrogen-bond acceptors (Lipinski definition) is 3. The van der Waals surface area contributed by atoms with Gasteiger partial charge in [-0.15, -0.1) is 0 Å². The Kier molecular flexibility index (Phi) is 3.77. The van der Waals surface area contributed by atoms with Gasteiger partial charge >= 0.3 is 5.97 Å². The zero-order chi connectivity index (χ0) is 13.0. The monoisotopic (exact) mass is 244 g/mol. The van der Waals surface area contributed by atoms with Crippen LogP contribution in [0.2, 0.25) is 0 Å². The molecule has 94 valence electrons. The van der Waals surface area contributed by atoms with E-state index >= 15 is 0 Å². The number of nitrogens with zero attached hydrogens (tertiary/aromatic N) is 1. The highest BCUT2D eigenvalue weighted by atomic mass is 16.4. The molecule has 0 aliphatic heterocycles. The molecule has 0 bridgehead atoms. The van der Waals surface area contributed by atoms with E-state index in [-0.39, 0.29) is 6.54 Å². The average Bonchev–Trinajstić information content (AvgIpc) is 2.36. The molecule has 0 fully saturated rings. The molecule has 0 spiro atoms. The molecule has 0 atom stereocenters. The minimum absolute atomic E-state index is 0.0862. The molecule has 0 saturated carbocycles. The summed E-state index contributed by atoms with van der Waals surface area (Å²) in [5, 5.41) is 12.6. The van der Waals surface area contributed by atoms with Crippen LogP contribution in [0.4, 0.5) is 5.69 Å². The highest BCUT2D eigenvalue weighted by molar-refractivity contribution is 5.92. The second-order valence-corrected chi connectivity index (χ2v) is 4.21. The van der Waals surface area contributed by atoms with Gasteiger partial charge in [0.05, 0.1) is 5.52 Å². The van der Waals surface area contributed by atoms with Gasteiger partial charge < -0.3 is 10.4 Å². The van der Waals surface area contributed by atoms with Crippen molar-refractivity contribution in [3.63, 3.8) is 0 Å². The van der Waals surface area contributed by atoms with E-state index in [2.05, 4.69) is 29.4 Å². The first-order valence-corrected chi connectivity index (χ1v) is 6.04. The number of anilines is 1. The smallest absolute Gasteiger partial charge is 0.322 e. The van der Waals surface area contributed by atoms with E-state index in [0.717, 1.165) is 29.4 Å². The first-order valence-electron chi connectivity index (χ1n) is 6.04. The normalized spacial score (nSPS) is 10.5. The Balaban J connectivity index is 2.38. The summed E-state index contributed by atoms with van der Waals surface area (Å²) in [7, 11) is 0. The van der Waals surface area contributed by atoms with Crippen molar-refractivity contribution >= 4 is 22.6 Å². The zero-order valence-corrected chi connectivity index (χ0v) is 10.3. The zero-order valence-electron chi connectivity index (χ0n) is 10.3. The summed E-state index contributed by atoms with van der Waals surface area (Å²) < 4.78 is 0. The van der Waals surface area contributed by atoms with Crippen molar-refractivity contribution in [3.8, 4) is 0 Å². The number of nitrogens with one attached hydrogen (secondary N) is 1. The molecular weight excluding hydrogens is 228 g/mol. The number of carbonyl (C=O) groups is 1. The number of aliphatic carboxylic acids is 1. The maximum absolute atomic E-state index is 10.6. The minimum atomic E-state index is -0.871.